The Morgan fingerprint density at radius 2 is 1.95 bits per heavy atom. The number of benzene rings is 1. The summed E-state index contributed by atoms with van der Waals surface area (Å²) >= 11 is 0. The van der Waals surface area contributed by atoms with Gasteiger partial charge in [-0.3, -0.25) is 9.59 Å². The molecule has 5 heteroatoms. The van der Waals surface area contributed by atoms with Crippen molar-refractivity contribution >= 4 is 11.9 Å². The first-order valence-corrected chi connectivity index (χ1v) is 6.17. The molecule has 2 N–H and O–H groups in total. The quantitative estimate of drug-likeness (QED) is 0.786. The van der Waals surface area contributed by atoms with Gasteiger partial charge in [-0.05, 0) is 24.1 Å². The smallest absolute Gasteiger partial charge is 0.308 e. The average molecular weight is 265 g/mol. The van der Waals surface area contributed by atoms with Crippen LogP contribution in [0.15, 0.2) is 24.3 Å². The van der Waals surface area contributed by atoms with Crippen molar-refractivity contribution in [3.63, 3.8) is 0 Å². The van der Waals surface area contributed by atoms with E-state index in [1.165, 1.54) is 0 Å². The molecule has 0 fully saturated rings. The lowest BCUT2D eigenvalue weighted by atomic mass is 10.1. The standard InChI is InChI=1S/C14H19NO4/c1-3-11(14(17)18)8-15-13(16)12-6-4-10(5-7-12)9-19-2/h4-7,11H,3,8-9H2,1-2H3,(H,15,16)(H,17,18). The molecule has 0 aliphatic rings. The van der Waals surface area contributed by atoms with Crippen molar-refractivity contribution in [1.29, 1.82) is 0 Å². The molecule has 1 aromatic carbocycles. The Labute approximate surface area is 112 Å². The Morgan fingerprint density at radius 1 is 1.32 bits per heavy atom. The maximum atomic E-state index is 11.8. The van der Waals surface area contributed by atoms with E-state index in [9.17, 15) is 9.59 Å². The first-order valence-electron chi connectivity index (χ1n) is 6.17. The number of hydrogen-bond acceptors (Lipinski definition) is 3. The fourth-order valence-corrected chi connectivity index (χ4v) is 1.64. The molecule has 0 spiro atoms. The van der Waals surface area contributed by atoms with E-state index < -0.39 is 11.9 Å². The molecular formula is C14H19NO4. The lowest BCUT2D eigenvalue weighted by Gasteiger charge is -2.11. The van der Waals surface area contributed by atoms with Crippen LogP contribution in [0.2, 0.25) is 0 Å². The zero-order valence-electron chi connectivity index (χ0n) is 11.2. The van der Waals surface area contributed by atoms with Crippen LogP contribution in [0.25, 0.3) is 0 Å². The molecule has 1 rings (SSSR count). The number of aliphatic carboxylic acids is 1. The van der Waals surface area contributed by atoms with E-state index in [1.807, 2.05) is 12.1 Å². The maximum absolute atomic E-state index is 11.8. The predicted octanol–water partition coefficient (Wildman–Crippen LogP) is 1.67. The van der Waals surface area contributed by atoms with Gasteiger partial charge in [-0.1, -0.05) is 19.1 Å². The Bertz CT molecular complexity index is 428. The molecule has 0 aliphatic carbocycles. The van der Waals surface area contributed by atoms with Gasteiger partial charge in [0.25, 0.3) is 5.91 Å². The summed E-state index contributed by atoms with van der Waals surface area (Å²) in [6.07, 6.45) is 0.488. The number of ether oxygens (including phenoxy) is 1. The summed E-state index contributed by atoms with van der Waals surface area (Å²) in [7, 11) is 1.61. The summed E-state index contributed by atoms with van der Waals surface area (Å²) < 4.78 is 4.98. The topological polar surface area (TPSA) is 75.6 Å². The zero-order valence-corrected chi connectivity index (χ0v) is 11.2. The fourth-order valence-electron chi connectivity index (χ4n) is 1.64. The van der Waals surface area contributed by atoms with Crippen molar-refractivity contribution in [3.8, 4) is 0 Å². The molecule has 1 amide bonds. The maximum Gasteiger partial charge on any atom is 0.308 e. The minimum Gasteiger partial charge on any atom is -0.481 e. The average Bonchev–Trinajstić information content (AvgIpc) is 2.40. The van der Waals surface area contributed by atoms with Crippen molar-refractivity contribution < 1.29 is 19.4 Å². The fraction of sp³-hybridized carbons (Fsp3) is 0.429. The van der Waals surface area contributed by atoms with Crippen molar-refractivity contribution in [2.24, 2.45) is 5.92 Å². The van der Waals surface area contributed by atoms with Gasteiger partial charge in [0.15, 0.2) is 0 Å². The van der Waals surface area contributed by atoms with Crippen LogP contribution < -0.4 is 5.32 Å². The second-order valence-corrected chi connectivity index (χ2v) is 4.28. The molecule has 19 heavy (non-hydrogen) atoms. The molecule has 0 radical (unpaired) electrons. The highest BCUT2D eigenvalue weighted by Crippen LogP contribution is 2.06. The van der Waals surface area contributed by atoms with Gasteiger partial charge in [0.2, 0.25) is 0 Å². The Morgan fingerprint density at radius 3 is 2.42 bits per heavy atom. The number of hydrogen-bond donors (Lipinski definition) is 2. The number of carboxylic acid groups (broad SMARTS) is 1. The lowest BCUT2D eigenvalue weighted by molar-refractivity contribution is -0.141. The first-order chi connectivity index (χ1) is 9.08. The number of rotatable bonds is 7. The third-order valence-electron chi connectivity index (χ3n) is 2.88. The predicted molar refractivity (Wildman–Crippen MR) is 70.9 cm³/mol. The van der Waals surface area contributed by atoms with E-state index in [1.54, 1.807) is 26.2 Å². The van der Waals surface area contributed by atoms with Crippen LogP contribution in [0.1, 0.15) is 29.3 Å². The van der Waals surface area contributed by atoms with Crippen LogP contribution in [0.4, 0.5) is 0 Å². The summed E-state index contributed by atoms with van der Waals surface area (Å²) in [6, 6.07) is 7.02. The summed E-state index contributed by atoms with van der Waals surface area (Å²) in [5.74, 6) is -1.70. The minimum absolute atomic E-state index is 0.143. The Kier molecular flexibility index (Phi) is 6.02. The van der Waals surface area contributed by atoms with Gasteiger partial charge in [0.1, 0.15) is 0 Å². The number of nitrogens with one attached hydrogen (secondary N) is 1. The highest BCUT2D eigenvalue weighted by molar-refractivity contribution is 5.94. The van der Waals surface area contributed by atoms with E-state index in [0.717, 1.165) is 5.56 Å². The molecule has 1 atom stereocenters. The van der Waals surface area contributed by atoms with Crippen LogP contribution in [-0.4, -0.2) is 30.6 Å². The van der Waals surface area contributed by atoms with Crippen molar-refractivity contribution in [2.45, 2.75) is 20.0 Å². The minimum atomic E-state index is -0.891. The van der Waals surface area contributed by atoms with Crippen LogP contribution in [0.3, 0.4) is 0 Å². The van der Waals surface area contributed by atoms with E-state index in [0.29, 0.717) is 18.6 Å². The van der Waals surface area contributed by atoms with Crippen LogP contribution in [-0.2, 0) is 16.1 Å². The van der Waals surface area contributed by atoms with Gasteiger partial charge in [0.05, 0.1) is 12.5 Å². The van der Waals surface area contributed by atoms with Gasteiger partial charge in [-0.15, -0.1) is 0 Å². The van der Waals surface area contributed by atoms with Crippen LogP contribution in [0.5, 0.6) is 0 Å². The molecule has 0 aromatic heterocycles. The monoisotopic (exact) mass is 265 g/mol. The molecule has 0 heterocycles. The summed E-state index contributed by atoms with van der Waals surface area (Å²) in [4.78, 5) is 22.7. The number of methoxy groups -OCH3 is 1. The Hall–Kier alpha value is -1.88. The van der Waals surface area contributed by atoms with Crippen molar-refractivity contribution in [1.82, 2.24) is 5.32 Å². The SMILES string of the molecule is CCC(CNC(=O)c1ccc(COC)cc1)C(=O)O. The van der Waals surface area contributed by atoms with E-state index in [2.05, 4.69) is 5.32 Å². The number of amides is 1. The lowest BCUT2D eigenvalue weighted by Crippen LogP contribution is -2.32. The Balaban J connectivity index is 2.55. The van der Waals surface area contributed by atoms with Crippen LogP contribution in [0, 0.1) is 5.92 Å². The van der Waals surface area contributed by atoms with E-state index in [4.69, 9.17) is 9.84 Å². The third-order valence-corrected chi connectivity index (χ3v) is 2.88. The normalized spacial score (nSPS) is 11.9. The van der Waals surface area contributed by atoms with Crippen molar-refractivity contribution in [2.75, 3.05) is 13.7 Å². The van der Waals surface area contributed by atoms with Crippen molar-refractivity contribution in [3.05, 3.63) is 35.4 Å². The number of carbonyl (C=O) groups is 2. The van der Waals surface area contributed by atoms with E-state index >= 15 is 0 Å². The first kappa shape index (κ1) is 15.2. The van der Waals surface area contributed by atoms with Gasteiger partial charge < -0.3 is 15.2 Å². The number of carboxylic acids is 1. The highest BCUT2D eigenvalue weighted by atomic mass is 16.5. The molecule has 1 aromatic rings. The molecule has 0 saturated heterocycles. The van der Waals surface area contributed by atoms with Gasteiger partial charge in [0, 0.05) is 19.2 Å². The molecule has 0 bridgehead atoms. The van der Waals surface area contributed by atoms with E-state index in [-0.39, 0.29) is 12.5 Å². The molecule has 0 aliphatic heterocycles. The third kappa shape index (κ3) is 4.71. The number of carbonyl (C=O) groups excluding carboxylic acids is 1. The molecule has 1 unspecified atom stereocenters. The second kappa shape index (κ2) is 7.53. The summed E-state index contributed by atoms with van der Waals surface area (Å²) in [5, 5.41) is 11.5. The molecular weight excluding hydrogens is 246 g/mol. The molecule has 104 valence electrons. The highest BCUT2D eigenvalue weighted by Gasteiger charge is 2.16. The summed E-state index contributed by atoms with van der Waals surface area (Å²) in [5.41, 5.74) is 1.50. The van der Waals surface area contributed by atoms with Crippen LogP contribution >= 0.6 is 0 Å². The summed E-state index contributed by atoms with van der Waals surface area (Å²) in [6.45, 7) is 2.42. The second-order valence-electron chi connectivity index (χ2n) is 4.28. The molecule has 0 saturated carbocycles. The van der Waals surface area contributed by atoms with Gasteiger partial charge in [-0.2, -0.15) is 0 Å². The molecule has 5 nitrogen and oxygen atoms in total. The van der Waals surface area contributed by atoms with Gasteiger partial charge in [-0.25, -0.2) is 0 Å². The zero-order chi connectivity index (χ0) is 14.3. The van der Waals surface area contributed by atoms with Gasteiger partial charge >= 0.3 is 5.97 Å². The largest absolute Gasteiger partial charge is 0.481 e.